The van der Waals surface area contributed by atoms with E-state index in [1.165, 1.54) is 0 Å². The largest absolute Gasteiger partial charge is 0.390 e. The Kier molecular flexibility index (Phi) is 2.03. The SMILES string of the molecule is O=C1CC(O)C(O)CC1O. The zero-order chi connectivity index (χ0) is 7.72. The van der Waals surface area contributed by atoms with Gasteiger partial charge >= 0.3 is 0 Å². The number of carbonyl (C=O) groups is 1. The summed E-state index contributed by atoms with van der Waals surface area (Å²) in [6.07, 6.45) is -3.20. The topological polar surface area (TPSA) is 77.8 Å². The predicted molar refractivity (Wildman–Crippen MR) is 32.3 cm³/mol. The lowest BCUT2D eigenvalue weighted by Gasteiger charge is -2.25. The van der Waals surface area contributed by atoms with E-state index in [0.717, 1.165) is 0 Å². The maximum atomic E-state index is 10.6. The Morgan fingerprint density at radius 2 is 1.80 bits per heavy atom. The van der Waals surface area contributed by atoms with Crippen LogP contribution in [0.3, 0.4) is 0 Å². The minimum atomic E-state index is -1.08. The number of Topliss-reactive ketones (excluding diaryl/α,β-unsaturated/α-hetero) is 1. The van der Waals surface area contributed by atoms with Crippen molar-refractivity contribution in [1.29, 1.82) is 0 Å². The molecule has 10 heavy (non-hydrogen) atoms. The summed E-state index contributed by atoms with van der Waals surface area (Å²) in [4.78, 5) is 10.6. The summed E-state index contributed by atoms with van der Waals surface area (Å²) >= 11 is 0. The van der Waals surface area contributed by atoms with Crippen molar-refractivity contribution < 1.29 is 20.1 Å². The second-order valence-corrected chi connectivity index (χ2v) is 2.56. The molecule has 0 amide bonds. The normalized spacial score (nSPS) is 41.9. The molecule has 0 heterocycles. The lowest BCUT2D eigenvalue weighted by molar-refractivity contribution is -0.140. The molecule has 4 nitrogen and oxygen atoms in total. The maximum Gasteiger partial charge on any atom is 0.164 e. The molecule has 1 aliphatic rings. The standard InChI is InChI=1S/C6H10O4/c7-3-1-4(8)6(10)2-5(3)9/h3-5,7-9H,1-2H2. The van der Waals surface area contributed by atoms with Crippen LogP contribution in [0.1, 0.15) is 12.8 Å². The maximum absolute atomic E-state index is 10.6. The van der Waals surface area contributed by atoms with Crippen LogP contribution in [0, 0.1) is 0 Å². The van der Waals surface area contributed by atoms with E-state index in [2.05, 4.69) is 0 Å². The molecular weight excluding hydrogens is 136 g/mol. The van der Waals surface area contributed by atoms with E-state index in [1.54, 1.807) is 0 Å². The summed E-state index contributed by atoms with van der Waals surface area (Å²) in [5.74, 6) is -0.391. The van der Waals surface area contributed by atoms with Crippen LogP contribution in [-0.2, 0) is 4.79 Å². The minimum Gasteiger partial charge on any atom is -0.390 e. The van der Waals surface area contributed by atoms with Crippen molar-refractivity contribution in [2.24, 2.45) is 0 Å². The van der Waals surface area contributed by atoms with Crippen LogP contribution < -0.4 is 0 Å². The zero-order valence-corrected chi connectivity index (χ0v) is 5.40. The third kappa shape index (κ3) is 1.34. The molecule has 0 spiro atoms. The zero-order valence-electron chi connectivity index (χ0n) is 5.40. The van der Waals surface area contributed by atoms with Crippen molar-refractivity contribution in [3.63, 3.8) is 0 Å². The molecule has 0 aromatic rings. The molecule has 0 aromatic carbocycles. The molecule has 0 radical (unpaired) electrons. The molecule has 1 aliphatic carbocycles. The minimum absolute atomic E-state index is 0.0417. The van der Waals surface area contributed by atoms with E-state index < -0.39 is 24.1 Å². The third-order valence-corrected chi connectivity index (χ3v) is 1.69. The first-order valence-electron chi connectivity index (χ1n) is 3.18. The fourth-order valence-corrected chi connectivity index (χ4v) is 0.995. The van der Waals surface area contributed by atoms with Gasteiger partial charge in [-0.1, -0.05) is 0 Å². The third-order valence-electron chi connectivity index (χ3n) is 1.69. The number of aliphatic hydroxyl groups is 3. The molecule has 0 bridgehead atoms. The van der Waals surface area contributed by atoms with Gasteiger partial charge in [0.1, 0.15) is 6.10 Å². The molecule has 4 heteroatoms. The Bertz CT molecular complexity index is 145. The number of aliphatic hydroxyl groups excluding tert-OH is 3. The number of hydrogen-bond donors (Lipinski definition) is 3. The Hall–Kier alpha value is -0.450. The van der Waals surface area contributed by atoms with E-state index in [0.29, 0.717) is 0 Å². The fraction of sp³-hybridized carbons (Fsp3) is 0.833. The summed E-state index contributed by atoms with van der Waals surface area (Å²) in [6.45, 7) is 0. The second-order valence-electron chi connectivity index (χ2n) is 2.56. The first kappa shape index (κ1) is 7.65. The number of hydrogen-bond acceptors (Lipinski definition) is 4. The molecule has 0 saturated heterocycles. The van der Waals surface area contributed by atoms with E-state index in [-0.39, 0.29) is 12.8 Å². The highest BCUT2D eigenvalue weighted by Crippen LogP contribution is 2.15. The molecule has 1 rings (SSSR count). The smallest absolute Gasteiger partial charge is 0.164 e. The molecule has 3 atom stereocenters. The summed E-state index contributed by atoms with van der Waals surface area (Å²) < 4.78 is 0. The van der Waals surface area contributed by atoms with Crippen LogP contribution in [0.25, 0.3) is 0 Å². The van der Waals surface area contributed by atoms with E-state index in [4.69, 9.17) is 15.3 Å². The lowest BCUT2D eigenvalue weighted by atomic mass is 9.91. The monoisotopic (exact) mass is 146 g/mol. The molecule has 3 unspecified atom stereocenters. The number of ketones is 1. The molecule has 58 valence electrons. The highest BCUT2D eigenvalue weighted by atomic mass is 16.3. The van der Waals surface area contributed by atoms with Gasteiger partial charge in [0.25, 0.3) is 0 Å². The van der Waals surface area contributed by atoms with Gasteiger partial charge in [0.15, 0.2) is 5.78 Å². The first-order chi connectivity index (χ1) is 4.61. The first-order valence-corrected chi connectivity index (χ1v) is 3.18. The Morgan fingerprint density at radius 1 is 1.20 bits per heavy atom. The van der Waals surface area contributed by atoms with Gasteiger partial charge in [0.2, 0.25) is 0 Å². The van der Waals surface area contributed by atoms with Gasteiger partial charge in [0, 0.05) is 12.8 Å². The molecule has 1 fully saturated rings. The van der Waals surface area contributed by atoms with Crippen molar-refractivity contribution in [3.05, 3.63) is 0 Å². The molecule has 3 N–H and O–H groups in total. The van der Waals surface area contributed by atoms with Crippen molar-refractivity contribution in [1.82, 2.24) is 0 Å². The van der Waals surface area contributed by atoms with Gasteiger partial charge in [-0.15, -0.1) is 0 Å². The van der Waals surface area contributed by atoms with Crippen molar-refractivity contribution >= 4 is 5.78 Å². The van der Waals surface area contributed by atoms with Crippen LogP contribution in [0.5, 0.6) is 0 Å². The van der Waals surface area contributed by atoms with Gasteiger partial charge in [0.05, 0.1) is 12.2 Å². The molecule has 1 saturated carbocycles. The Balaban J connectivity index is 2.54. The van der Waals surface area contributed by atoms with E-state index >= 15 is 0 Å². The van der Waals surface area contributed by atoms with Gasteiger partial charge in [-0.25, -0.2) is 0 Å². The van der Waals surface area contributed by atoms with Crippen molar-refractivity contribution in [2.45, 2.75) is 31.2 Å². The van der Waals surface area contributed by atoms with Gasteiger partial charge in [-0.3, -0.25) is 4.79 Å². The lowest BCUT2D eigenvalue weighted by Crippen LogP contribution is -2.41. The van der Waals surface area contributed by atoms with E-state index in [9.17, 15) is 4.79 Å². The second kappa shape index (κ2) is 2.65. The number of carbonyl (C=O) groups excluding carboxylic acids is 1. The van der Waals surface area contributed by atoms with Crippen LogP contribution in [-0.4, -0.2) is 39.4 Å². The van der Waals surface area contributed by atoms with Gasteiger partial charge in [-0.2, -0.15) is 0 Å². The van der Waals surface area contributed by atoms with Gasteiger partial charge in [-0.05, 0) is 0 Å². The molecule has 0 aliphatic heterocycles. The van der Waals surface area contributed by atoms with Crippen LogP contribution >= 0.6 is 0 Å². The predicted octanol–water partition coefficient (Wildman–Crippen LogP) is -1.57. The van der Waals surface area contributed by atoms with Crippen molar-refractivity contribution in [2.75, 3.05) is 0 Å². The van der Waals surface area contributed by atoms with E-state index in [1.807, 2.05) is 0 Å². The highest BCUT2D eigenvalue weighted by Gasteiger charge is 2.32. The molecular formula is C6H10O4. The average Bonchev–Trinajstić information content (AvgIpc) is 1.84. The quantitative estimate of drug-likeness (QED) is 0.386. The Morgan fingerprint density at radius 3 is 2.30 bits per heavy atom. The highest BCUT2D eigenvalue weighted by molar-refractivity contribution is 5.84. The summed E-state index contributed by atoms with van der Waals surface area (Å²) in [5.41, 5.74) is 0. The summed E-state index contributed by atoms with van der Waals surface area (Å²) in [5, 5.41) is 26.6. The van der Waals surface area contributed by atoms with Crippen LogP contribution in [0.2, 0.25) is 0 Å². The van der Waals surface area contributed by atoms with Crippen LogP contribution in [0.4, 0.5) is 0 Å². The molecule has 0 aromatic heterocycles. The van der Waals surface area contributed by atoms with Crippen molar-refractivity contribution in [3.8, 4) is 0 Å². The average molecular weight is 146 g/mol. The Labute approximate surface area is 58.1 Å². The fourth-order valence-electron chi connectivity index (χ4n) is 0.995. The summed E-state index contributed by atoms with van der Waals surface area (Å²) in [6, 6.07) is 0. The van der Waals surface area contributed by atoms with Gasteiger partial charge < -0.3 is 15.3 Å². The summed E-state index contributed by atoms with van der Waals surface area (Å²) in [7, 11) is 0. The number of rotatable bonds is 0. The van der Waals surface area contributed by atoms with Crippen LogP contribution in [0.15, 0.2) is 0 Å².